The molecular weight excluding hydrogens is 150 g/mol. The molecule has 0 aromatic carbocycles. The molecule has 0 saturated carbocycles. The molecule has 0 saturated heterocycles. The molecule has 2 nitrogen and oxygen atoms in total. The minimum atomic E-state index is -0.248. The Labute approximate surface area is 75.5 Å². The molecule has 0 aromatic rings. The molecule has 1 unspecified atom stereocenters. The molecule has 0 amide bonds. The van der Waals surface area contributed by atoms with E-state index in [4.69, 9.17) is 5.73 Å². The average Bonchev–Trinajstić information content (AvgIpc) is 2.03. The van der Waals surface area contributed by atoms with Crippen molar-refractivity contribution in [1.29, 1.82) is 0 Å². The third kappa shape index (κ3) is 4.50. The first-order valence-electron chi connectivity index (χ1n) is 4.87. The highest BCUT2D eigenvalue weighted by atomic mass is 16.1. The minimum absolute atomic E-state index is 0.221. The van der Waals surface area contributed by atoms with Gasteiger partial charge in [0.15, 0.2) is 0 Å². The number of carbonyl (C=O) groups excluding carboxylic acids is 1. The van der Waals surface area contributed by atoms with Crippen molar-refractivity contribution >= 4 is 5.78 Å². The van der Waals surface area contributed by atoms with Gasteiger partial charge in [0, 0.05) is 6.42 Å². The number of ketones is 1. The van der Waals surface area contributed by atoms with Crippen molar-refractivity contribution in [2.45, 2.75) is 52.5 Å². The molecule has 0 spiro atoms. The van der Waals surface area contributed by atoms with Crippen molar-refractivity contribution in [3.8, 4) is 0 Å². The summed E-state index contributed by atoms with van der Waals surface area (Å²) in [6.07, 6.45) is 3.95. The van der Waals surface area contributed by atoms with E-state index in [1.165, 1.54) is 0 Å². The van der Waals surface area contributed by atoms with E-state index in [2.05, 4.69) is 6.92 Å². The summed E-state index contributed by atoms with van der Waals surface area (Å²) >= 11 is 0. The second kappa shape index (κ2) is 6.18. The Morgan fingerprint density at radius 3 is 2.33 bits per heavy atom. The number of unbranched alkanes of at least 4 members (excludes halogenated alkanes) is 2. The van der Waals surface area contributed by atoms with Crippen LogP contribution >= 0.6 is 0 Å². The van der Waals surface area contributed by atoms with Gasteiger partial charge < -0.3 is 5.73 Å². The predicted molar refractivity (Wildman–Crippen MR) is 52.0 cm³/mol. The van der Waals surface area contributed by atoms with Gasteiger partial charge in [0.25, 0.3) is 0 Å². The molecule has 0 aromatic heterocycles. The second-order valence-electron chi connectivity index (χ2n) is 3.69. The van der Waals surface area contributed by atoms with Crippen LogP contribution in [-0.4, -0.2) is 11.8 Å². The number of carbonyl (C=O) groups is 1. The Bertz CT molecular complexity index is 132. The third-order valence-electron chi connectivity index (χ3n) is 2.12. The molecular formula is C10H21NO. The fourth-order valence-electron chi connectivity index (χ4n) is 1.09. The first-order valence-corrected chi connectivity index (χ1v) is 4.87. The van der Waals surface area contributed by atoms with E-state index < -0.39 is 0 Å². The van der Waals surface area contributed by atoms with Crippen molar-refractivity contribution in [1.82, 2.24) is 0 Å². The first-order chi connectivity index (χ1) is 5.59. The van der Waals surface area contributed by atoms with Crippen molar-refractivity contribution in [2.24, 2.45) is 11.7 Å². The molecule has 2 heteroatoms. The zero-order valence-corrected chi connectivity index (χ0v) is 8.47. The highest BCUT2D eigenvalue weighted by Gasteiger charge is 2.15. The van der Waals surface area contributed by atoms with Crippen LogP contribution in [0, 0.1) is 5.92 Å². The standard InChI is InChI=1S/C10H21NO/c1-4-5-6-7-9(12)10(11)8(2)3/h8,10H,4-7,11H2,1-3H3. The Balaban J connectivity index is 3.57. The lowest BCUT2D eigenvalue weighted by Crippen LogP contribution is -2.35. The third-order valence-corrected chi connectivity index (χ3v) is 2.12. The number of rotatable bonds is 6. The van der Waals surface area contributed by atoms with E-state index in [0.29, 0.717) is 6.42 Å². The Morgan fingerprint density at radius 1 is 1.33 bits per heavy atom. The van der Waals surface area contributed by atoms with Crippen LogP contribution in [0.15, 0.2) is 0 Å². The van der Waals surface area contributed by atoms with Crippen LogP contribution in [0.25, 0.3) is 0 Å². The zero-order chi connectivity index (χ0) is 9.56. The van der Waals surface area contributed by atoms with Gasteiger partial charge in [0.2, 0.25) is 0 Å². The largest absolute Gasteiger partial charge is 0.321 e. The molecule has 72 valence electrons. The number of Topliss-reactive ketones (excluding diaryl/α,β-unsaturated/α-hetero) is 1. The normalized spacial score (nSPS) is 13.4. The van der Waals surface area contributed by atoms with Gasteiger partial charge in [-0.05, 0) is 12.3 Å². The van der Waals surface area contributed by atoms with Crippen molar-refractivity contribution in [3.63, 3.8) is 0 Å². The molecule has 0 rings (SSSR count). The topological polar surface area (TPSA) is 43.1 Å². The molecule has 0 bridgehead atoms. The van der Waals surface area contributed by atoms with Gasteiger partial charge in [-0.15, -0.1) is 0 Å². The highest BCUT2D eigenvalue weighted by Crippen LogP contribution is 2.06. The maximum atomic E-state index is 11.3. The highest BCUT2D eigenvalue weighted by molar-refractivity contribution is 5.83. The summed E-state index contributed by atoms with van der Waals surface area (Å²) in [4.78, 5) is 11.3. The maximum absolute atomic E-state index is 11.3. The minimum Gasteiger partial charge on any atom is -0.321 e. The van der Waals surface area contributed by atoms with Crippen LogP contribution in [0.3, 0.4) is 0 Å². The van der Waals surface area contributed by atoms with Crippen LogP contribution in [-0.2, 0) is 4.79 Å². The summed E-state index contributed by atoms with van der Waals surface area (Å²) in [5, 5.41) is 0. The quantitative estimate of drug-likeness (QED) is 0.622. The molecule has 2 N–H and O–H groups in total. The summed E-state index contributed by atoms with van der Waals surface area (Å²) < 4.78 is 0. The van der Waals surface area contributed by atoms with Crippen molar-refractivity contribution in [2.75, 3.05) is 0 Å². The van der Waals surface area contributed by atoms with Crippen LogP contribution in [0.4, 0.5) is 0 Å². The summed E-state index contributed by atoms with van der Waals surface area (Å²) in [6.45, 7) is 6.11. The van der Waals surface area contributed by atoms with Crippen LogP contribution in [0.2, 0.25) is 0 Å². The van der Waals surface area contributed by atoms with Gasteiger partial charge >= 0.3 is 0 Å². The monoisotopic (exact) mass is 171 g/mol. The summed E-state index contributed by atoms with van der Waals surface area (Å²) in [6, 6.07) is -0.248. The van der Waals surface area contributed by atoms with Gasteiger partial charge in [-0.25, -0.2) is 0 Å². The van der Waals surface area contributed by atoms with Gasteiger partial charge in [-0.1, -0.05) is 33.6 Å². The smallest absolute Gasteiger partial charge is 0.149 e. The lowest BCUT2D eigenvalue weighted by atomic mass is 9.97. The van der Waals surface area contributed by atoms with E-state index in [1.807, 2.05) is 13.8 Å². The summed E-state index contributed by atoms with van der Waals surface area (Å²) in [5.74, 6) is 0.498. The van der Waals surface area contributed by atoms with Gasteiger partial charge in [-0.2, -0.15) is 0 Å². The van der Waals surface area contributed by atoms with E-state index >= 15 is 0 Å². The van der Waals surface area contributed by atoms with Crippen LogP contribution < -0.4 is 5.73 Å². The average molecular weight is 171 g/mol. The van der Waals surface area contributed by atoms with E-state index in [0.717, 1.165) is 19.3 Å². The molecule has 0 aliphatic rings. The lowest BCUT2D eigenvalue weighted by molar-refractivity contribution is -0.121. The molecule has 1 atom stereocenters. The van der Waals surface area contributed by atoms with Crippen molar-refractivity contribution in [3.05, 3.63) is 0 Å². The summed E-state index contributed by atoms with van der Waals surface area (Å²) in [7, 11) is 0. The Morgan fingerprint density at radius 2 is 1.92 bits per heavy atom. The van der Waals surface area contributed by atoms with Crippen molar-refractivity contribution < 1.29 is 4.79 Å². The molecule has 0 aliphatic heterocycles. The van der Waals surface area contributed by atoms with Crippen LogP contribution in [0.1, 0.15) is 46.5 Å². The molecule has 0 radical (unpaired) electrons. The Kier molecular flexibility index (Phi) is 5.99. The van der Waals surface area contributed by atoms with E-state index in [-0.39, 0.29) is 17.7 Å². The lowest BCUT2D eigenvalue weighted by Gasteiger charge is -2.13. The van der Waals surface area contributed by atoms with Crippen LogP contribution in [0.5, 0.6) is 0 Å². The number of hydrogen-bond acceptors (Lipinski definition) is 2. The SMILES string of the molecule is CCCCCC(=O)C(N)C(C)C. The number of nitrogens with two attached hydrogens (primary N) is 1. The first kappa shape index (κ1) is 11.6. The zero-order valence-electron chi connectivity index (χ0n) is 8.47. The molecule has 12 heavy (non-hydrogen) atoms. The van der Waals surface area contributed by atoms with E-state index in [1.54, 1.807) is 0 Å². The number of hydrogen-bond donors (Lipinski definition) is 1. The van der Waals surface area contributed by atoms with Gasteiger partial charge in [0.05, 0.1) is 6.04 Å². The molecule has 0 aliphatic carbocycles. The summed E-state index contributed by atoms with van der Waals surface area (Å²) in [5.41, 5.74) is 5.69. The fourth-order valence-corrected chi connectivity index (χ4v) is 1.09. The molecule has 0 heterocycles. The van der Waals surface area contributed by atoms with Gasteiger partial charge in [0.1, 0.15) is 5.78 Å². The maximum Gasteiger partial charge on any atom is 0.149 e. The molecule has 0 fully saturated rings. The van der Waals surface area contributed by atoms with E-state index in [9.17, 15) is 4.79 Å². The fraction of sp³-hybridized carbons (Fsp3) is 0.900. The van der Waals surface area contributed by atoms with Gasteiger partial charge in [-0.3, -0.25) is 4.79 Å². The Hall–Kier alpha value is -0.370. The predicted octanol–water partition coefficient (Wildman–Crippen LogP) is 2.12. The second-order valence-corrected chi connectivity index (χ2v) is 3.69.